The monoisotopic (exact) mass is 536 g/mol. The van der Waals surface area contributed by atoms with Crippen LogP contribution in [0.15, 0.2) is 24.4 Å². The number of carbonyl (C=O) groups is 1. The molecule has 2 aromatic heterocycles. The number of hydrogen-bond acceptors (Lipinski definition) is 7. The number of nitrogens with zero attached hydrogens (tertiary/aromatic N) is 4. The van der Waals surface area contributed by atoms with Gasteiger partial charge in [0.1, 0.15) is 5.60 Å². The quantitative estimate of drug-likeness (QED) is 0.424. The summed E-state index contributed by atoms with van der Waals surface area (Å²) in [7, 11) is 0. The first kappa shape index (κ1) is 25.9. The number of thiazole rings is 1. The molecule has 3 N–H and O–H groups in total. The Bertz CT molecular complexity index is 1280. The summed E-state index contributed by atoms with van der Waals surface area (Å²) in [6.07, 6.45) is 0.514. The maximum atomic E-state index is 13.2. The largest absolute Gasteiger partial charge is 0.416 e. The number of nitrogens with one attached hydrogen (secondary N) is 2. The van der Waals surface area contributed by atoms with Crippen LogP contribution in [0.25, 0.3) is 10.9 Å². The molecule has 200 valence electrons. The molecule has 1 aromatic carbocycles. The van der Waals surface area contributed by atoms with E-state index in [2.05, 4.69) is 25.6 Å². The Morgan fingerprint density at radius 2 is 2.00 bits per heavy atom. The molecule has 2 aliphatic rings. The summed E-state index contributed by atoms with van der Waals surface area (Å²) in [6.45, 7) is 5.71. The molecule has 12 heteroatoms. The molecule has 1 saturated heterocycles. The van der Waals surface area contributed by atoms with E-state index < -0.39 is 17.3 Å². The van der Waals surface area contributed by atoms with Crippen LogP contribution in [0.1, 0.15) is 48.1 Å². The Labute approximate surface area is 216 Å². The third-order valence-electron chi connectivity index (χ3n) is 7.45. The smallest absolute Gasteiger partial charge is 0.384 e. The van der Waals surface area contributed by atoms with Gasteiger partial charge in [-0.1, -0.05) is 0 Å². The third-order valence-corrected chi connectivity index (χ3v) is 8.55. The van der Waals surface area contributed by atoms with E-state index in [0.29, 0.717) is 36.3 Å². The minimum Gasteiger partial charge on any atom is -0.384 e. The highest BCUT2D eigenvalue weighted by Gasteiger charge is 2.41. The maximum Gasteiger partial charge on any atom is 0.416 e. The fraction of sp³-hybridized carbons (Fsp3) is 0.560. The zero-order valence-corrected chi connectivity index (χ0v) is 21.6. The standard InChI is InChI=1S/C25H31F3N6O2S/c1-3-34-20-5-4-16(25(26,27)28)10-19(20)23(32-34)30-12-22(35)31-17-13-33(14-17)18-6-8-24(36,9-7-18)21-11-29-15(2)37-21/h4-5,10-11,17-18,36H,3,6-9,12-14H2,1-2H3,(H,30,32)(H,31,35)/t18-,24-. The third kappa shape index (κ3) is 5.32. The van der Waals surface area contributed by atoms with Gasteiger partial charge < -0.3 is 15.7 Å². The van der Waals surface area contributed by atoms with Gasteiger partial charge >= 0.3 is 6.18 Å². The number of aryl methyl sites for hydroxylation is 2. The number of fused-ring (bicyclic) bond motifs is 1. The summed E-state index contributed by atoms with van der Waals surface area (Å²) in [5.74, 6) is 0.0357. The second kappa shape index (κ2) is 9.88. The summed E-state index contributed by atoms with van der Waals surface area (Å²) >= 11 is 1.55. The summed E-state index contributed by atoms with van der Waals surface area (Å²) in [4.78, 5) is 20.1. The van der Waals surface area contributed by atoms with Crippen LogP contribution in [0.2, 0.25) is 0 Å². The van der Waals surface area contributed by atoms with Crippen LogP contribution in [0.5, 0.6) is 0 Å². The molecule has 0 spiro atoms. The van der Waals surface area contributed by atoms with Crippen molar-refractivity contribution in [2.45, 2.75) is 69.9 Å². The molecule has 1 amide bonds. The van der Waals surface area contributed by atoms with Crippen molar-refractivity contribution in [3.63, 3.8) is 0 Å². The molecule has 8 nitrogen and oxygen atoms in total. The lowest BCUT2D eigenvalue weighted by molar-refractivity contribution is -0.137. The Kier molecular flexibility index (Phi) is 6.92. The SMILES string of the molecule is CCn1nc(NCC(=O)NC2CN([C@H]3CC[C@@](O)(c4cnc(C)s4)CC3)C2)c2cc(C(F)(F)F)ccc21. The van der Waals surface area contributed by atoms with E-state index in [0.717, 1.165) is 47.9 Å². The van der Waals surface area contributed by atoms with Crippen molar-refractivity contribution in [3.8, 4) is 0 Å². The highest BCUT2D eigenvalue weighted by molar-refractivity contribution is 7.11. The van der Waals surface area contributed by atoms with Crippen LogP contribution < -0.4 is 10.6 Å². The second-order valence-electron chi connectivity index (χ2n) is 9.97. The zero-order valence-electron chi connectivity index (χ0n) is 20.8. The van der Waals surface area contributed by atoms with Crippen molar-refractivity contribution in [1.29, 1.82) is 0 Å². The van der Waals surface area contributed by atoms with Gasteiger partial charge in [0.25, 0.3) is 0 Å². The number of amides is 1. The molecular formula is C25H31F3N6O2S. The van der Waals surface area contributed by atoms with E-state index in [1.165, 1.54) is 6.07 Å². The number of likely N-dealkylation sites (tertiary alicyclic amines) is 1. The predicted octanol–water partition coefficient (Wildman–Crippen LogP) is 3.88. The predicted molar refractivity (Wildman–Crippen MR) is 135 cm³/mol. The molecule has 0 bridgehead atoms. The molecule has 0 unspecified atom stereocenters. The lowest BCUT2D eigenvalue weighted by Gasteiger charge is -2.48. The lowest BCUT2D eigenvalue weighted by atomic mass is 9.80. The number of halogens is 3. The Hall–Kier alpha value is -2.70. The molecule has 1 saturated carbocycles. The van der Waals surface area contributed by atoms with Gasteiger partial charge in [-0.2, -0.15) is 18.3 Å². The summed E-state index contributed by atoms with van der Waals surface area (Å²) in [5, 5.41) is 22.6. The number of anilines is 1. The molecule has 5 rings (SSSR count). The number of aliphatic hydroxyl groups is 1. The van der Waals surface area contributed by atoms with Gasteiger partial charge in [-0.15, -0.1) is 11.3 Å². The molecule has 0 atom stereocenters. The average Bonchev–Trinajstić information content (AvgIpc) is 3.43. The Morgan fingerprint density at radius 1 is 1.27 bits per heavy atom. The Morgan fingerprint density at radius 3 is 2.62 bits per heavy atom. The number of rotatable bonds is 7. The molecule has 1 aliphatic heterocycles. The number of carbonyl (C=O) groups excluding carboxylic acids is 1. The van der Waals surface area contributed by atoms with Crippen molar-refractivity contribution >= 4 is 34.0 Å². The molecule has 1 aliphatic carbocycles. The molecule has 0 radical (unpaired) electrons. The van der Waals surface area contributed by atoms with Crippen LogP contribution >= 0.6 is 11.3 Å². The fourth-order valence-electron chi connectivity index (χ4n) is 5.34. The highest BCUT2D eigenvalue weighted by atomic mass is 32.1. The van der Waals surface area contributed by atoms with Crippen LogP contribution in [0, 0.1) is 6.92 Å². The van der Waals surface area contributed by atoms with Gasteiger partial charge in [-0.25, -0.2) is 4.98 Å². The van der Waals surface area contributed by atoms with Crippen molar-refractivity contribution in [1.82, 2.24) is 25.0 Å². The van der Waals surface area contributed by atoms with Gasteiger partial charge in [0.05, 0.1) is 33.6 Å². The van der Waals surface area contributed by atoms with Crippen molar-refractivity contribution in [3.05, 3.63) is 39.8 Å². The average molecular weight is 537 g/mol. The first-order chi connectivity index (χ1) is 17.6. The van der Waals surface area contributed by atoms with E-state index in [1.54, 1.807) is 22.2 Å². The van der Waals surface area contributed by atoms with Crippen molar-refractivity contribution in [2.24, 2.45) is 0 Å². The second-order valence-corrected chi connectivity index (χ2v) is 11.2. The van der Waals surface area contributed by atoms with E-state index in [4.69, 9.17) is 0 Å². The highest BCUT2D eigenvalue weighted by Crippen LogP contribution is 2.41. The molecule has 3 aromatic rings. The van der Waals surface area contributed by atoms with Crippen molar-refractivity contribution in [2.75, 3.05) is 25.0 Å². The number of alkyl halides is 3. The lowest BCUT2D eigenvalue weighted by Crippen LogP contribution is -2.63. The number of benzene rings is 1. The normalized spacial score (nSPS) is 23.2. The number of aromatic nitrogens is 3. The van der Waals surface area contributed by atoms with Gasteiger partial charge in [0.15, 0.2) is 5.82 Å². The first-order valence-corrected chi connectivity index (χ1v) is 13.4. The first-order valence-electron chi connectivity index (χ1n) is 12.6. The van der Waals surface area contributed by atoms with E-state index in [-0.39, 0.29) is 24.3 Å². The van der Waals surface area contributed by atoms with E-state index in [1.807, 2.05) is 13.8 Å². The molecular weight excluding hydrogens is 505 g/mol. The minimum atomic E-state index is -4.45. The number of hydrogen-bond donors (Lipinski definition) is 3. The van der Waals surface area contributed by atoms with Crippen LogP contribution in [0.4, 0.5) is 19.0 Å². The van der Waals surface area contributed by atoms with Crippen LogP contribution in [-0.2, 0) is 23.1 Å². The zero-order chi connectivity index (χ0) is 26.4. The van der Waals surface area contributed by atoms with Crippen molar-refractivity contribution < 1.29 is 23.1 Å². The summed E-state index contributed by atoms with van der Waals surface area (Å²) in [5.41, 5.74) is -0.957. The fourth-order valence-corrected chi connectivity index (χ4v) is 6.26. The van der Waals surface area contributed by atoms with Gasteiger partial charge in [-0.3, -0.25) is 14.4 Å². The topological polar surface area (TPSA) is 95.3 Å². The molecule has 37 heavy (non-hydrogen) atoms. The van der Waals surface area contributed by atoms with Gasteiger partial charge in [0.2, 0.25) is 5.91 Å². The maximum absolute atomic E-state index is 13.2. The Balaban J connectivity index is 1.11. The molecule has 2 fully saturated rings. The minimum absolute atomic E-state index is 0.0287. The molecule has 3 heterocycles. The summed E-state index contributed by atoms with van der Waals surface area (Å²) in [6, 6.07) is 3.93. The van der Waals surface area contributed by atoms with Crippen LogP contribution in [-0.4, -0.2) is 62.4 Å². The van der Waals surface area contributed by atoms with E-state index >= 15 is 0 Å². The summed E-state index contributed by atoms with van der Waals surface area (Å²) < 4.78 is 41.2. The van der Waals surface area contributed by atoms with Gasteiger partial charge in [-0.05, 0) is 57.7 Å². The van der Waals surface area contributed by atoms with Gasteiger partial charge in [0, 0.05) is 37.3 Å². The van der Waals surface area contributed by atoms with E-state index in [9.17, 15) is 23.1 Å². The van der Waals surface area contributed by atoms with Crippen LogP contribution in [0.3, 0.4) is 0 Å².